The van der Waals surface area contributed by atoms with E-state index < -0.39 is 17.7 Å². The van der Waals surface area contributed by atoms with E-state index in [9.17, 15) is 8.78 Å². The topological polar surface area (TPSA) is 38.9 Å². The van der Waals surface area contributed by atoms with Gasteiger partial charge in [0.15, 0.2) is 0 Å². The lowest BCUT2D eigenvalue weighted by molar-refractivity contribution is 0.532. The van der Waals surface area contributed by atoms with Crippen LogP contribution in [-0.4, -0.2) is 4.98 Å². The highest BCUT2D eigenvalue weighted by Gasteiger charge is 2.11. The lowest BCUT2D eigenvalue weighted by atomic mass is 10.1. The average molecular weight is 172 g/mol. The van der Waals surface area contributed by atoms with Gasteiger partial charge in [0.1, 0.15) is 11.6 Å². The van der Waals surface area contributed by atoms with Crippen molar-refractivity contribution >= 4 is 0 Å². The molecular weight excluding hydrogens is 162 g/mol. The van der Waals surface area contributed by atoms with Gasteiger partial charge in [-0.25, -0.2) is 8.78 Å². The second kappa shape index (κ2) is 3.58. The third kappa shape index (κ3) is 1.76. The molecule has 0 aliphatic carbocycles. The molecule has 1 heterocycles. The van der Waals surface area contributed by atoms with Crippen LogP contribution in [0.1, 0.15) is 25.1 Å². The van der Waals surface area contributed by atoms with Crippen LogP contribution in [0.2, 0.25) is 0 Å². The second-order valence-electron chi connectivity index (χ2n) is 2.54. The van der Waals surface area contributed by atoms with E-state index in [-0.39, 0.29) is 5.69 Å². The number of nitrogens with zero attached hydrogens (tertiary/aromatic N) is 1. The number of halogens is 2. The minimum Gasteiger partial charge on any atom is -0.323 e. The van der Waals surface area contributed by atoms with Gasteiger partial charge in [-0.2, -0.15) is 0 Å². The molecule has 1 aromatic heterocycles. The van der Waals surface area contributed by atoms with E-state index in [0.29, 0.717) is 6.42 Å². The minimum absolute atomic E-state index is 0.124. The summed E-state index contributed by atoms with van der Waals surface area (Å²) >= 11 is 0. The molecule has 2 nitrogen and oxygen atoms in total. The maximum Gasteiger partial charge on any atom is 0.149 e. The van der Waals surface area contributed by atoms with E-state index in [1.54, 1.807) is 0 Å². The molecule has 1 unspecified atom stereocenters. The van der Waals surface area contributed by atoms with E-state index in [1.807, 2.05) is 6.92 Å². The molecule has 0 spiro atoms. The van der Waals surface area contributed by atoms with Gasteiger partial charge in [-0.3, -0.25) is 4.98 Å². The molecule has 0 aromatic carbocycles. The number of aromatic nitrogens is 1. The normalized spacial score (nSPS) is 13.0. The molecule has 4 heteroatoms. The highest BCUT2D eigenvalue weighted by Crippen LogP contribution is 2.14. The molecule has 0 saturated carbocycles. The molecule has 0 aliphatic heterocycles. The zero-order chi connectivity index (χ0) is 9.14. The lowest BCUT2D eigenvalue weighted by Gasteiger charge is -2.07. The number of nitrogens with two attached hydrogens (primary N) is 1. The zero-order valence-corrected chi connectivity index (χ0v) is 6.72. The van der Waals surface area contributed by atoms with E-state index in [2.05, 4.69) is 4.98 Å². The molecule has 12 heavy (non-hydrogen) atoms. The highest BCUT2D eigenvalue weighted by atomic mass is 19.1. The summed E-state index contributed by atoms with van der Waals surface area (Å²) in [5.74, 6) is -1.36. The minimum atomic E-state index is -0.681. The molecule has 0 radical (unpaired) electrons. The van der Waals surface area contributed by atoms with Crippen LogP contribution >= 0.6 is 0 Å². The zero-order valence-electron chi connectivity index (χ0n) is 6.72. The Balaban J connectivity index is 3.01. The van der Waals surface area contributed by atoms with Crippen LogP contribution in [0.3, 0.4) is 0 Å². The fourth-order valence-corrected chi connectivity index (χ4v) is 0.891. The molecule has 1 atom stereocenters. The average Bonchev–Trinajstić information content (AvgIpc) is 2.03. The number of hydrogen-bond acceptors (Lipinski definition) is 2. The van der Waals surface area contributed by atoms with Crippen LogP contribution in [-0.2, 0) is 0 Å². The van der Waals surface area contributed by atoms with E-state index >= 15 is 0 Å². The Morgan fingerprint density at radius 1 is 1.58 bits per heavy atom. The van der Waals surface area contributed by atoms with Crippen molar-refractivity contribution in [1.29, 1.82) is 0 Å². The first-order valence-electron chi connectivity index (χ1n) is 3.71. The van der Waals surface area contributed by atoms with Crippen LogP contribution in [0.5, 0.6) is 0 Å². The van der Waals surface area contributed by atoms with Gasteiger partial charge >= 0.3 is 0 Å². The van der Waals surface area contributed by atoms with E-state index in [0.717, 1.165) is 12.3 Å². The first-order chi connectivity index (χ1) is 5.65. The Morgan fingerprint density at radius 2 is 2.25 bits per heavy atom. The molecule has 1 rings (SSSR count). The highest BCUT2D eigenvalue weighted by molar-refractivity contribution is 5.11. The molecule has 0 fully saturated rings. The standard InChI is InChI=1S/C8H10F2N2/c1-2-7(11)8-6(10)3-5(9)4-12-8/h3-4,7H,2,11H2,1H3. The lowest BCUT2D eigenvalue weighted by Crippen LogP contribution is -2.12. The van der Waals surface area contributed by atoms with E-state index in [4.69, 9.17) is 5.73 Å². The SMILES string of the molecule is CCC(N)c1ncc(F)cc1F. The number of rotatable bonds is 2. The van der Waals surface area contributed by atoms with Crippen LogP contribution in [0, 0.1) is 11.6 Å². The summed E-state index contributed by atoms with van der Waals surface area (Å²) < 4.78 is 25.3. The van der Waals surface area contributed by atoms with Gasteiger partial charge < -0.3 is 5.73 Å². The van der Waals surface area contributed by atoms with Crippen molar-refractivity contribution in [3.05, 3.63) is 29.6 Å². The van der Waals surface area contributed by atoms with Gasteiger partial charge in [-0.05, 0) is 6.42 Å². The van der Waals surface area contributed by atoms with Crippen LogP contribution in [0.25, 0.3) is 0 Å². The van der Waals surface area contributed by atoms with Crippen molar-refractivity contribution in [2.75, 3.05) is 0 Å². The first kappa shape index (κ1) is 9.06. The Kier molecular flexibility index (Phi) is 2.70. The van der Waals surface area contributed by atoms with Gasteiger partial charge in [0, 0.05) is 12.1 Å². The summed E-state index contributed by atoms with van der Waals surface area (Å²) in [6, 6.07) is 0.336. The maximum absolute atomic E-state index is 12.9. The Hall–Kier alpha value is -1.03. The molecule has 0 saturated heterocycles. The Bertz CT molecular complexity index is 276. The summed E-state index contributed by atoms with van der Waals surface area (Å²) in [6.45, 7) is 1.81. The van der Waals surface area contributed by atoms with Crippen molar-refractivity contribution in [1.82, 2.24) is 4.98 Å². The van der Waals surface area contributed by atoms with Gasteiger partial charge in [-0.15, -0.1) is 0 Å². The van der Waals surface area contributed by atoms with Crippen LogP contribution < -0.4 is 5.73 Å². The van der Waals surface area contributed by atoms with Crippen LogP contribution in [0.15, 0.2) is 12.3 Å². The fraction of sp³-hybridized carbons (Fsp3) is 0.375. The first-order valence-corrected chi connectivity index (χ1v) is 3.71. The summed E-state index contributed by atoms with van der Waals surface area (Å²) in [5.41, 5.74) is 5.64. The Morgan fingerprint density at radius 3 is 2.75 bits per heavy atom. The second-order valence-corrected chi connectivity index (χ2v) is 2.54. The quantitative estimate of drug-likeness (QED) is 0.738. The van der Waals surface area contributed by atoms with Gasteiger partial charge in [0.2, 0.25) is 0 Å². The Labute approximate surface area is 69.4 Å². The maximum atomic E-state index is 12.9. The summed E-state index contributed by atoms with van der Waals surface area (Å²) in [7, 11) is 0. The van der Waals surface area contributed by atoms with Crippen molar-refractivity contribution in [2.24, 2.45) is 5.73 Å². The predicted octanol–water partition coefficient (Wildman–Crippen LogP) is 1.77. The third-order valence-electron chi connectivity index (χ3n) is 1.63. The molecule has 66 valence electrons. The van der Waals surface area contributed by atoms with Gasteiger partial charge in [0.25, 0.3) is 0 Å². The third-order valence-corrected chi connectivity index (χ3v) is 1.63. The number of hydrogen-bond donors (Lipinski definition) is 1. The predicted molar refractivity (Wildman–Crippen MR) is 41.4 cm³/mol. The summed E-state index contributed by atoms with van der Waals surface area (Å²) in [5, 5.41) is 0. The number of pyridine rings is 1. The van der Waals surface area contributed by atoms with Crippen molar-refractivity contribution in [3.8, 4) is 0 Å². The molecule has 1 aromatic rings. The summed E-state index contributed by atoms with van der Waals surface area (Å²) in [4.78, 5) is 3.57. The molecule has 0 amide bonds. The molecule has 0 bridgehead atoms. The van der Waals surface area contributed by atoms with E-state index in [1.165, 1.54) is 0 Å². The molecular formula is C8H10F2N2. The van der Waals surface area contributed by atoms with Crippen molar-refractivity contribution in [3.63, 3.8) is 0 Å². The van der Waals surface area contributed by atoms with Crippen molar-refractivity contribution in [2.45, 2.75) is 19.4 Å². The monoisotopic (exact) mass is 172 g/mol. The molecule has 2 N–H and O–H groups in total. The summed E-state index contributed by atoms with van der Waals surface area (Å²) in [6.07, 6.45) is 1.55. The smallest absolute Gasteiger partial charge is 0.149 e. The van der Waals surface area contributed by atoms with Gasteiger partial charge in [0.05, 0.1) is 11.9 Å². The fourth-order valence-electron chi connectivity index (χ4n) is 0.891. The molecule has 0 aliphatic rings. The van der Waals surface area contributed by atoms with Gasteiger partial charge in [-0.1, -0.05) is 6.92 Å². The van der Waals surface area contributed by atoms with Crippen LogP contribution in [0.4, 0.5) is 8.78 Å². The largest absolute Gasteiger partial charge is 0.323 e. The van der Waals surface area contributed by atoms with Crippen molar-refractivity contribution < 1.29 is 8.78 Å².